The summed E-state index contributed by atoms with van der Waals surface area (Å²) < 4.78 is 28.9. The molecule has 5 nitrogen and oxygen atoms in total. The molecular weight excluding hydrogens is 583 g/mol. The Balaban J connectivity index is 1.70. The molecule has 0 bridgehead atoms. The highest BCUT2D eigenvalue weighted by Gasteiger charge is 2.32. The van der Waals surface area contributed by atoms with Crippen LogP contribution in [0.25, 0.3) is 0 Å². The first-order valence-corrected chi connectivity index (χ1v) is 14.7. The smallest absolute Gasteiger partial charge is 0.253 e. The van der Waals surface area contributed by atoms with E-state index >= 15 is 0 Å². The molecule has 3 aromatic rings. The lowest BCUT2D eigenvalue weighted by Gasteiger charge is -2.32. The predicted octanol–water partition coefficient (Wildman–Crippen LogP) is 7.15. The standard InChI is InChI=1S/C27H27BrCl2N2O3S/c1-17-15-21(30)10-12-23(17)26(19-6-8-20(29)9-7-19)31-27(33)24-16-22(11-13-25(24)28)36(34,35)32-14-4-3-5-18(32)2/h6-13,15-16,18,26H,3-5,14H2,1-2H3,(H,31,33). The molecule has 1 fully saturated rings. The van der Waals surface area contributed by atoms with E-state index in [1.165, 1.54) is 16.4 Å². The minimum atomic E-state index is -3.73. The molecule has 0 saturated carbocycles. The van der Waals surface area contributed by atoms with Gasteiger partial charge in [-0.05, 0) is 102 Å². The molecule has 1 aliphatic rings. The fourth-order valence-corrected chi connectivity index (χ4v) is 7.08. The molecule has 0 radical (unpaired) electrons. The molecule has 0 aliphatic carbocycles. The van der Waals surface area contributed by atoms with Gasteiger partial charge in [-0.15, -0.1) is 0 Å². The van der Waals surface area contributed by atoms with Crippen LogP contribution in [-0.4, -0.2) is 31.2 Å². The van der Waals surface area contributed by atoms with E-state index in [0.29, 0.717) is 21.1 Å². The molecule has 0 aromatic heterocycles. The summed E-state index contributed by atoms with van der Waals surface area (Å²) in [5.41, 5.74) is 2.86. The predicted molar refractivity (Wildman–Crippen MR) is 148 cm³/mol. The van der Waals surface area contributed by atoms with Crippen LogP contribution in [-0.2, 0) is 10.0 Å². The Hall–Kier alpha value is -1.90. The molecule has 1 saturated heterocycles. The van der Waals surface area contributed by atoms with Gasteiger partial charge in [-0.25, -0.2) is 8.42 Å². The van der Waals surface area contributed by atoms with Crippen molar-refractivity contribution >= 4 is 55.1 Å². The van der Waals surface area contributed by atoms with Crippen molar-refractivity contribution in [3.05, 3.63) is 97.4 Å². The molecule has 4 rings (SSSR count). The van der Waals surface area contributed by atoms with E-state index < -0.39 is 22.0 Å². The van der Waals surface area contributed by atoms with Crippen LogP contribution in [0.1, 0.15) is 59.3 Å². The van der Waals surface area contributed by atoms with Crippen molar-refractivity contribution in [1.29, 1.82) is 0 Å². The molecular formula is C27H27BrCl2N2O3S. The Morgan fingerprint density at radius 2 is 1.72 bits per heavy atom. The molecule has 2 atom stereocenters. The van der Waals surface area contributed by atoms with E-state index in [1.54, 1.807) is 24.3 Å². The number of benzene rings is 3. The summed E-state index contributed by atoms with van der Waals surface area (Å²) in [6.07, 6.45) is 2.67. The van der Waals surface area contributed by atoms with Gasteiger partial charge in [0.1, 0.15) is 0 Å². The average molecular weight is 610 g/mol. The number of rotatable bonds is 6. The summed E-state index contributed by atoms with van der Waals surface area (Å²) in [5, 5.41) is 4.28. The molecule has 1 aliphatic heterocycles. The number of nitrogens with zero attached hydrogens (tertiary/aromatic N) is 1. The SMILES string of the molecule is Cc1cc(Cl)ccc1C(NC(=O)c1cc(S(=O)(=O)N2CCCCC2C)ccc1Br)c1ccc(Cl)cc1. The maximum Gasteiger partial charge on any atom is 0.253 e. The fraction of sp³-hybridized carbons (Fsp3) is 0.296. The second-order valence-corrected chi connectivity index (χ2v) is 12.7. The van der Waals surface area contributed by atoms with Crippen molar-refractivity contribution in [2.45, 2.75) is 50.1 Å². The maximum absolute atomic E-state index is 13.6. The summed E-state index contributed by atoms with van der Waals surface area (Å²) in [5.74, 6) is -0.403. The van der Waals surface area contributed by atoms with Gasteiger partial charge in [0.2, 0.25) is 10.0 Å². The third-order valence-electron chi connectivity index (χ3n) is 6.55. The number of hydrogen-bond donors (Lipinski definition) is 1. The monoisotopic (exact) mass is 608 g/mol. The van der Waals surface area contributed by atoms with Gasteiger partial charge in [-0.1, -0.05) is 47.8 Å². The van der Waals surface area contributed by atoms with Gasteiger partial charge in [0, 0.05) is 27.1 Å². The number of carbonyl (C=O) groups is 1. The highest BCUT2D eigenvalue weighted by molar-refractivity contribution is 9.10. The number of aryl methyl sites for hydroxylation is 1. The largest absolute Gasteiger partial charge is 0.341 e. The van der Waals surface area contributed by atoms with Crippen LogP contribution in [0, 0.1) is 6.92 Å². The van der Waals surface area contributed by atoms with Gasteiger partial charge in [-0.2, -0.15) is 4.31 Å². The highest BCUT2D eigenvalue weighted by Crippen LogP contribution is 2.31. The fourth-order valence-electron chi connectivity index (χ4n) is 4.57. The number of nitrogens with one attached hydrogen (secondary N) is 1. The van der Waals surface area contributed by atoms with Crippen LogP contribution in [0.5, 0.6) is 0 Å². The number of sulfonamides is 1. The normalized spacial score (nSPS) is 17.5. The molecule has 36 heavy (non-hydrogen) atoms. The average Bonchev–Trinajstić information content (AvgIpc) is 2.84. The molecule has 1 heterocycles. The molecule has 1 amide bonds. The molecule has 3 aromatic carbocycles. The Morgan fingerprint density at radius 3 is 2.39 bits per heavy atom. The molecule has 1 N–H and O–H groups in total. The van der Waals surface area contributed by atoms with Gasteiger partial charge < -0.3 is 5.32 Å². The van der Waals surface area contributed by atoms with Crippen molar-refractivity contribution in [3.8, 4) is 0 Å². The Labute approximate surface area is 231 Å². The number of carbonyl (C=O) groups excluding carboxylic acids is 1. The van der Waals surface area contributed by atoms with E-state index in [2.05, 4.69) is 21.2 Å². The Bertz CT molecular complexity index is 1380. The van der Waals surface area contributed by atoms with Crippen molar-refractivity contribution in [1.82, 2.24) is 9.62 Å². The van der Waals surface area contributed by atoms with E-state index in [1.807, 2.05) is 38.1 Å². The van der Waals surface area contributed by atoms with E-state index in [0.717, 1.165) is 36.0 Å². The number of amides is 1. The lowest BCUT2D eigenvalue weighted by Crippen LogP contribution is -2.42. The zero-order chi connectivity index (χ0) is 26.0. The van der Waals surface area contributed by atoms with Crippen molar-refractivity contribution in [3.63, 3.8) is 0 Å². The summed E-state index contributed by atoms with van der Waals surface area (Å²) in [6.45, 7) is 4.34. The second kappa shape index (κ2) is 11.2. The topological polar surface area (TPSA) is 66.5 Å². The van der Waals surface area contributed by atoms with Gasteiger partial charge in [-0.3, -0.25) is 4.79 Å². The van der Waals surface area contributed by atoms with Crippen LogP contribution in [0.3, 0.4) is 0 Å². The van der Waals surface area contributed by atoms with E-state index in [-0.39, 0.29) is 16.5 Å². The molecule has 190 valence electrons. The van der Waals surface area contributed by atoms with Crippen LogP contribution in [0.2, 0.25) is 10.0 Å². The van der Waals surface area contributed by atoms with Crippen LogP contribution in [0.15, 0.2) is 70.0 Å². The van der Waals surface area contributed by atoms with E-state index in [9.17, 15) is 13.2 Å². The number of halogens is 3. The third kappa shape index (κ3) is 5.81. The first-order valence-electron chi connectivity index (χ1n) is 11.7. The summed E-state index contributed by atoms with van der Waals surface area (Å²) in [7, 11) is -3.73. The first kappa shape index (κ1) is 27.1. The minimum absolute atomic E-state index is 0.0770. The Morgan fingerprint density at radius 1 is 1.03 bits per heavy atom. The van der Waals surface area contributed by atoms with Gasteiger partial charge in [0.05, 0.1) is 16.5 Å². The highest BCUT2D eigenvalue weighted by atomic mass is 79.9. The summed E-state index contributed by atoms with van der Waals surface area (Å²) in [6, 6.07) is 16.8. The zero-order valence-electron chi connectivity index (χ0n) is 20.0. The second-order valence-electron chi connectivity index (χ2n) is 9.06. The zero-order valence-corrected chi connectivity index (χ0v) is 23.9. The van der Waals surface area contributed by atoms with E-state index in [4.69, 9.17) is 23.2 Å². The van der Waals surface area contributed by atoms with Crippen molar-refractivity contribution < 1.29 is 13.2 Å². The quantitative estimate of drug-likeness (QED) is 0.323. The number of piperidine rings is 1. The van der Waals surface area contributed by atoms with Crippen molar-refractivity contribution in [2.75, 3.05) is 6.54 Å². The van der Waals surface area contributed by atoms with Gasteiger partial charge >= 0.3 is 0 Å². The summed E-state index contributed by atoms with van der Waals surface area (Å²) in [4.78, 5) is 13.7. The number of hydrogen-bond acceptors (Lipinski definition) is 3. The van der Waals surface area contributed by atoms with Crippen LogP contribution < -0.4 is 5.32 Å². The lowest BCUT2D eigenvalue weighted by molar-refractivity contribution is 0.0942. The molecule has 0 spiro atoms. The summed E-state index contributed by atoms with van der Waals surface area (Å²) >= 11 is 15.7. The minimum Gasteiger partial charge on any atom is -0.341 e. The lowest BCUT2D eigenvalue weighted by atomic mass is 9.94. The van der Waals surface area contributed by atoms with Gasteiger partial charge in [0.25, 0.3) is 5.91 Å². The van der Waals surface area contributed by atoms with Crippen LogP contribution in [0.4, 0.5) is 0 Å². The van der Waals surface area contributed by atoms with Crippen LogP contribution >= 0.6 is 39.1 Å². The van der Waals surface area contributed by atoms with Gasteiger partial charge in [0.15, 0.2) is 0 Å². The maximum atomic E-state index is 13.6. The molecule has 9 heteroatoms. The molecule has 2 unspecified atom stereocenters. The van der Waals surface area contributed by atoms with Crippen molar-refractivity contribution in [2.24, 2.45) is 0 Å². The first-order chi connectivity index (χ1) is 17.1. The Kier molecular flexibility index (Phi) is 8.47. The third-order valence-corrected chi connectivity index (χ3v) is 9.74.